The number of rotatable bonds is 6. The van der Waals surface area contributed by atoms with E-state index in [2.05, 4.69) is 15.3 Å². The van der Waals surface area contributed by atoms with Gasteiger partial charge in [0.2, 0.25) is 0 Å². The highest BCUT2D eigenvalue weighted by atomic mass is 32.2. The number of hydrogen-bond acceptors (Lipinski definition) is 6. The molecule has 0 spiro atoms. The van der Waals surface area contributed by atoms with Crippen LogP contribution in [0.3, 0.4) is 0 Å². The Bertz CT molecular complexity index is 1930. The highest BCUT2D eigenvalue weighted by molar-refractivity contribution is 7.90. The first-order chi connectivity index (χ1) is 19.2. The molecule has 3 aromatic carbocycles. The molecule has 2 heterocycles. The second-order valence-electron chi connectivity index (χ2n) is 9.41. The average molecular weight is 582 g/mol. The third kappa shape index (κ3) is 5.35. The smallest absolute Gasteiger partial charge is 0.434 e. The number of carboxylic acids is 1. The van der Waals surface area contributed by atoms with Crippen molar-refractivity contribution in [1.82, 2.24) is 24.5 Å². The van der Waals surface area contributed by atoms with Gasteiger partial charge in [-0.3, -0.25) is 0 Å². The van der Waals surface area contributed by atoms with Crippen LogP contribution in [0.1, 0.15) is 27.4 Å². The first kappa shape index (κ1) is 27.8. The van der Waals surface area contributed by atoms with Crippen molar-refractivity contribution in [1.29, 1.82) is 0 Å². The molecule has 41 heavy (non-hydrogen) atoms. The van der Waals surface area contributed by atoms with Gasteiger partial charge in [-0.15, -0.1) is 5.10 Å². The van der Waals surface area contributed by atoms with Gasteiger partial charge in [0, 0.05) is 18.0 Å². The van der Waals surface area contributed by atoms with Gasteiger partial charge in [-0.05, 0) is 66.9 Å². The van der Waals surface area contributed by atoms with Crippen LogP contribution in [0.5, 0.6) is 0 Å². The highest BCUT2D eigenvalue weighted by Gasteiger charge is 2.34. The minimum Gasteiger partial charge on any atom is -0.478 e. The largest absolute Gasteiger partial charge is 0.478 e. The molecule has 0 fully saturated rings. The van der Waals surface area contributed by atoms with Gasteiger partial charge in [0.25, 0.3) is 0 Å². The maximum absolute atomic E-state index is 13.5. The maximum atomic E-state index is 13.5. The molecule has 0 saturated carbocycles. The second-order valence-corrected chi connectivity index (χ2v) is 11.4. The summed E-state index contributed by atoms with van der Waals surface area (Å²) in [6.45, 7) is 3.09. The molecule has 0 aliphatic carbocycles. The zero-order valence-corrected chi connectivity index (χ0v) is 22.7. The molecule has 2 aromatic heterocycles. The summed E-state index contributed by atoms with van der Waals surface area (Å²) in [6.07, 6.45) is -1.22. The molecular formula is C28H22F3N5O4S. The van der Waals surface area contributed by atoms with Crippen molar-refractivity contribution in [3.63, 3.8) is 0 Å². The number of sulfone groups is 1. The summed E-state index contributed by atoms with van der Waals surface area (Å²) in [5, 5.41) is 17.7. The maximum Gasteiger partial charge on any atom is 0.434 e. The Morgan fingerprint density at radius 2 is 1.63 bits per heavy atom. The molecule has 9 nitrogen and oxygen atoms in total. The van der Waals surface area contributed by atoms with Crippen LogP contribution >= 0.6 is 0 Å². The van der Waals surface area contributed by atoms with Crippen LogP contribution in [-0.2, 0) is 16.0 Å². The summed E-state index contributed by atoms with van der Waals surface area (Å²) >= 11 is 0. The lowest BCUT2D eigenvalue weighted by atomic mass is 10.0. The SMILES string of the molecule is Cc1cc(-c2cnnn2-c2cc(-c3cccc(S(C)(=O)=O)c3)ccc2-n2cc(C(F)(F)F)nc2C)ccc1C(=O)O. The van der Waals surface area contributed by atoms with Gasteiger partial charge < -0.3 is 9.67 Å². The summed E-state index contributed by atoms with van der Waals surface area (Å²) in [6, 6.07) is 15.9. The standard InChI is InChI=1S/C28H22F3N5O4S/c1-16-11-20(7-9-22(16)27(37)38)25-14-32-34-36(25)24-13-19(18-5-4-6-21(12-18)41(3,39)40)8-10-23(24)35-15-26(28(29,30)31)33-17(35)2/h4-15H,1-3H3,(H,37,38). The van der Waals surface area contributed by atoms with E-state index < -0.39 is 27.7 Å². The number of carboxylic acid groups (broad SMARTS) is 1. The molecule has 5 aromatic rings. The molecule has 0 atom stereocenters. The summed E-state index contributed by atoms with van der Waals surface area (Å²) in [5.41, 5.74) is 2.33. The van der Waals surface area contributed by atoms with Crippen LogP contribution in [0.15, 0.2) is 78.0 Å². The third-order valence-electron chi connectivity index (χ3n) is 6.53. The highest BCUT2D eigenvalue weighted by Crippen LogP contribution is 2.34. The summed E-state index contributed by atoms with van der Waals surface area (Å²) in [4.78, 5) is 15.3. The summed E-state index contributed by atoms with van der Waals surface area (Å²) < 4.78 is 67.6. The van der Waals surface area contributed by atoms with Gasteiger partial charge in [0.1, 0.15) is 5.82 Å². The first-order valence-electron chi connectivity index (χ1n) is 12.1. The number of benzene rings is 3. The molecule has 0 amide bonds. The lowest BCUT2D eigenvalue weighted by molar-refractivity contribution is -0.141. The Labute approximate surface area is 232 Å². The van der Waals surface area contributed by atoms with Crippen molar-refractivity contribution in [3.8, 4) is 33.8 Å². The Balaban J connectivity index is 1.75. The predicted molar refractivity (Wildman–Crippen MR) is 144 cm³/mol. The monoisotopic (exact) mass is 581 g/mol. The van der Waals surface area contributed by atoms with Gasteiger partial charge >= 0.3 is 12.1 Å². The van der Waals surface area contributed by atoms with Crippen LogP contribution in [0.4, 0.5) is 13.2 Å². The van der Waals surface area contributed by atoms with Crippen molar-refractivity contribution in [2.75, 3.05) is 6.26 Å². The average Bonchev–Trinajstić information content (AvgIpc) is 3.55. The Morgan fingerprint density at radius 1 is 0.927 bits per heavy atom. The third-order valence-corrected chi connectivity index (χ3v) is 7.64. The molecular weight excluding hydrogens is 559 g/mol. The van der Waals surface area contributed by atoms with Crippen molar-refractivity contribution in [3.05, 3.63) is 95.7 Å². The molecule has 0 unspecified atom stereocenters. The van der Waals surface area contributed by atoms with E-state index in [1.165, 1.54) is 40.6 Å². The topological polar surface area (TPSA) is 120 Å². The molecule has 13 heteroatoms. The number of aromatic carboxylic acids is 1. The van der Waals surface area contributed by atoms with Crippen LogP contribution in [0.25, 0.3) is 33.8 Å². The molecule has 0 aliphatic rings. The van der Waals surface area contributed by atoms with Crippen molar-refractivity contribution >= 4 is 15.8 Å². The number of imidazole rings is 1. The van der Waals surface area contributed by atoms with E-state index >= 15 is 0 Å². The Hall–Kier alpha value is -4.78. The Kier molecular flexibility index (Phi) is 6.77. The van der Waals surface area contributed by atoms with E-state index in [0.29, 0.717) is 39.3 Å². The number of aromatic nitrogens is 5. The van der Waals surface area contributed by atoms with E-state index in [4.69, 9.17) is 0 Å². The summed E-state index contributed by atoms with van der Waals surface area (Å²) in [5.74, 6) is -1.00. The second kappa shape index (κ2) is 10.0. The number of nitrogens with zero attached hydrogens (tertiary/aromatic N) is 5. The normalized spacial score (nSPS) is 12.0. The van der Waals surface area contributed by atoms with Crippen LogP contribution < -0.4 is 0 Å². The van der Waals surface area contributed by atoms with Crippen molar-refractivity contribution in [2.45, 2.75) is 24.9 Å². The minimum atomic E-state index is -4.66. The van der Waals surface area contributed by atoms with Crippen LogP contribution in [-0.4, -0.2) is 50.3 Å². The lowest BCUT2D eigenvalue weighted by Crippen LogP contribution is -2.08. The van der Waals surface area contributed by atoms with Gasteiger partial charge in [-0.2, -0.15) is 13.2 Å². The molecule has 0 bridgehead atoms. The molecule has 0 radical (unpaired) electrons. The predicted octanol–water partition coefficient (Wildman–Crippen LogP) is 5.52. The van der Waals surface area contributed by atoms with E-state index in [9.17, 15) is 31.5 Å². The zero-order valence-electron chi connectivity index (χ0n) is 21.9. The Morgan fingerprint density at radius 3 is 2.27 bits per heavy atom. The molecule has 0 aliphatic heterocycles. The van der Waals surface area contributed by atoms with E-state index in [-0.39, 0.29) is 16.3 Å². The van der Waals surface area contributed by atoms with E-state index in [1.54, 1.807) is 49.4 Å². The number of carbonyl (C=O) groups is 1. The van der Waals surface area contributed by atoms with Crippen LogP contribution in [0, 0.1) is 13.8 Å². The first-order valence-corrected chi connectivity index (χ1v) is 14.0. The lowest BCUT2D eigenvalue weighted by Gasteiger charge is -2.16. The molecule has 210 valence electrons. The summed E-state index contributed by atoms with van der Waals surface area (Å²) in [7, 11) is -3.50. The number of halogens is 3. The van der Waals surface area contributed by atoms with Crippen molar-refractivity contribution < 1.29 is 31.5 Å². The quantitative estimate of drug-likeness (QED) is 0.280. The fraction of sp³-hybridized carbons (Fsp3) is 0.143. The minimum absolute atomic E-state index is 0.0775. The van der Waals surface area contributed by atoms with Crippen LogP contribution in [0.2, 0.25) is 0 Å². The molecule has 5 rings (SSSR count). The fourth-order valence-corrected chi connectivity index (χ4v) is 5.18. The fourth-order valence-electron chi connectivity index (χ4n) is 4.51. The van der Waals surface area contributed by atoms with Gasteiger partial charge in [0.15, 0.2) is 15.5 Å². The van der Waals surface area contributed by atoms with Gasteiger partial charge in [-0.25, -0.2) is 22.9 Å². The van der Waals surface area contributed by atoms with Gasteiger partial charge in [-0.1, -0.05) is 29.5 Å². The van der Waals surface area contributed by atoms with E-state index in [1.807, 2.05) is 0 Å². The van der Waals surface area contributed by atoms with Gasteiger partial charge in [0.05, 0.1) is 33.7 Å². The molecule has 0 saturated heterocycles. The zero-order chi connectivity index (χ0) is 29.7. The number of hydrogen-bond donors (Lipinski definition) is 1. The number of alkyl halides is 3. The van der Waals surface area contributed by atoms with Crippen molar-refractivity contribution in [2.24, 2.45) is 0 Å². The number of aryl methyl sites for hydroxylation is 2. The molecule has 1 N–H and O–H groups in total. The van der Waals surface area contributed by atoms with E-state index in [0.717, 1.165) is 12.5 Å².